The zero-order valence-electron chi connectivity index (χ0n) is 10.4. The largest absolute Gasteiger partial charge is 0.374 e. The highest BCUT2D eigenvalue weighted by molar-refractivity contribution is 7.98. The van der Waals surface area contributed by atoms with Crippen LogP contribution in [0.2, 0.25) is 0 Å². The third-order valence-electron chi connectivity index (χ3n) is 2.83. The van der Waals surface area contributed by atoms with E-state index < -0.39 is 0 Å². The summed E-state index contributed by atoms with van der Waals surface area (Å²) in [4.78, 5) is 2.28. The van der Waals surface area contributed by atoms with Crippen molar-refractivity contribution in [3.63, 3.8) is 0 Å². The Balaban J connectivity index is 2.63. The molecule has 0 aliphatic heterocycles. The number of benzene rings is 1. The summed E-state index contributed by atoms with van der Waals surface area (Å²) >= 11 is 1.87. The molecule has 0 spiro atoms. The summed E-state index contributed by atoms with van der Waals surface area (Å²) in [5, 5.41) is 0. The topological polar surface area (TPSA) is 29.3 Å². The third kappa shape index (κ3) is 3.72. The van der Waals surface area contributed by atoms with Gasteiger partial charge in [0.15, 0.2) is 0 Å². The summed E-state index contributed by atoms with van der Waals surface area (Å²) < 4.78 is 0. The van der Waals surface area contributed by atoms with Crippen LogP contribution in [0.5, 0.6) is 0 Å². The van der Waals surface area contributed by atoms with Gasteiger partial charge in [-0.15, -0.1) is 0 Å². The maximum atomic E-state index is 5.98. The molecule has 0 fully saturated rings. The fourth-order valence-corrected chi connectivity index (χ4v) is 2.03. The molecule has 16 heavy (non-hydrogen) atoms. The first-order valence-electron chi connectivity index (χ1n) is 5.74. The minimum Gasteiger partial charge on any atom is -0.374 e. The molecular formula is C13H22N2S. The molecule has 2 N–H and O–H groups in total. The van der Waals surface area contributed by atoms with E-state index in [1.807, 2.05) is 11.8 Å². The maximum Gasteiger partial charge on any atom is 0.0364 e. The van der Waals surface area contributed by atoms with Crippen molar-refractivity contribution in [2.75, 3.05) is 30.5 Å². The van der Waals surface area contributed by atoms with Crippen LogP contribution in [0, 0.1) is 0 Å². The fraction of sp³-hybridized carbons (Fsp3) is 0.538. The van der Waals surface area contributed by atoms with Crippen molar-refractivity contribution in [1.82, 2.24) is 0 Å². The predicted molar refractivity (Wildman–Crippen MR) is 75.3 cm³/mol. The van der Waals surface area contributed by atoms with Crippen molar-refractivity contribution in [3.05, 3.63) is 29.8 Å². The smallest absolute Gasteiger partial charge is 0.0364 e. The van der Waals surface area contributed by atoms with Crippen LogP contribution in [0.4, 0.5) is 5.69 Å². The molecular weight excluding hydrogens is 216 g/mol. The van der Waals surface area contributed by atoms with Crippen LogP contribution in [0.1, 0.15) is 24.9 Å². The Morgan fingerprint density at radius 3 is 2.44 bits per heavy atom. The van der Waals surface area contributed by atoms with Gasteiger partial charge in [-0.25, -0.2) is 0 Å². The summed E-state index contributed by atoms with van der Waals surface area (Å²) in [5.74, 6) is 1.16. The van der Waals surface area contributed by atoms with Crippen molar-refractivity contribution in [3.8, 4) is 0 Å². The molecule has 0 bridgehead atoms. The van der Waals surface area contributed by atoms with Crippen LogP contribution in [0.3, 0.4) is 0 Å². The Hall–Kier alpha value is -0.670. The molecule has 0 aromatic heterocycles. The van der Waals surface area contributed by atoms with Crippen LogP contribution in [0.25, 0.3) is 0 Å². The Labute approximate surface area is 103 Å². The molecule has 0 aliphatic rings. The number of hydrogen-bond donors (Lipinski definition) is 1. The van der Waals surface area contributed by atoms with Gasteiger partial charge in [0, 0.05) is 31.1 Å². The quantitative estimate of drug-likeness (QED) is 0.826. The molecule has 1 aromatic rings. The Kier molecular flexibility index (Phi) is 5.71. The zero-order valence-corrected chi connectivity index (χ0v) is 11.3. The van der Waals surface area contributed by atoms with Gasteiger partial charge in [0.2, 0.25) is 0 Å². The average molecular weight is 238 g/mol. The molecule has 0 radical (unpaired) electrons. The molecule has 0 heterocycles. The number of rotatable bonds is 6. The monoisotopic (exact) mass is 238 g/mol. The highest BCUT2D eigenvalue weighted by atomic mass is 32.2. The van der Waals surface area contributed by atoms with Gasteiger partial charge in [0.05, 0.1) is 0 Å². The maximum absolute atomic E-state index is 5.98. The minimum atomic E-state index is 0.172. The summed E-state index contributed by atoms with van der Waals surface area (Å²) in [5.41, 5.74) is 8.48. The SMILES string of the molecule is CC[C@H](N)c1ccc(N(C)CCSC)cc1. The Morgan fingerprint density at radius 1 is 1.31 bits per heavy atom. The minimum absolute atomic E-state index is 0.172. The van der Waals surface area contributed by atoms with E-state index in [2.05, 4.69) is 49.4 Å². The summed E-state index contributed by atoms with van der Waals surface area (Å²) in [6.45, 7) is 3.20. The van der Waals surface area contributed by atoms with Crippen molar-refractivity contribution < 1.29 is 0 Å². The molecule has 0 saturated carbocycles. The standard InChI is InChI=1S/C13H22N2S/c1-4-13(14)11-5-7-12(8-6-11)15(2)9-10-16-3/h5-8,13H,4,9-10,14H2,1-3H3/t13-/m0/s1. The molecule has 0 saturated heterocycles. The molecule has 2 nitrogen and oxygen atoms in total. The molecule has 0 unspecified atom stereocenters. The lowest BCUT2D eigenvalue weighted by Crippen LogP contribution is -2.20. The van der Waals surface area contributed by atoms with E-state index in [9.17, 15) is 0 Å². The van der Waals surface area contributed by atoms with Gasteiger partial charge in [-0.2, -0.15) is 11.8 Å². The van der Waals surface area contributed by atoms with Crippen molar-refractivity contribution in [1.29, 1.82) is 0 Å². The predicted octanol–water partition coefficient (Wildman–Crippen LogP) is 2.90. The van der Waals surface area contributed by atoms with Gasteiger partial charge in [-0.05, 0) is 30.4 Å². The van der Waals surface area contributed by atoms with Crippen LogP contribution in [-0.4, -0.2) is 25.6 Å². The number of nitrogens with two attached hydrogens (primary N) is 1. The number of anilines is 1. The highest BCUT2D eigenvalue weighted by Gasteiger charge is 2.04. The second-order valence-electron chi connectivity index (χ2n) is 4.02. The summed E-state index contributed by atoms with van der Waals surface area (Å²) in [7, 11) is 2.13. The molecule has 0 aliphatic carbocycles. The third-order valence-corrected chi connectivity index (χ3v) is 3.42. The van der Waals surface area contributed by atoms with Crippen molar-refractivity contribution >= 4 is 17.4 Å². The highest BCUT2D eigenvalue weighted by Crippen LogP contribution is 2.19. The molecule has 0 amide bonds. The lowest BCUT2D eigenvalue weighted by molar-refractivity contribution is 0.698. The van der Waals surface area contributed by atoms with Crippen LogP contribution in [0.15, 0.2) is 24.3 Å². The van der Waals surface area contributed by atoms with Crippen molar-refractivity contribution in [2.24, 2.45) is 5.73 Å². The second kappa shape index (κ2) is 6.81. The van der Waals surface area contributed by atoms with Gasteiger partial charge >= 0.3 is 0 Å². The first-order valence-corrected chi connectivity index (χ1v) is 7.14. The molecule has 3 heteroatoms. The lowest BCUT2D eigenvalue weighted by Gasteiger charge is -2.19. The van der Waals surface area contributed by atoms with Crippen LogP contribution >= 0.6 is 11.8 Å². The fourth-order valence-electron chi connectivity index (χ4n) is 1.57. The average Bonchev–Trinajstić information content (AvgIpc) is 2.35. The molecule has 1 rings (SSSR count). The lowest BCUT2D eigenvalue weighted by atomic mass is 10.1. The van der Waals surface area contributed by atoms with E-state index in [1.165, 1.54) is 11.3 Å². The van der Waals surface area contributed by atoms with E-state index in [-0.39, 0.29) is 6.04 Å². The van der Waals surface area contributed by atoms with Crippen LogP contribution < -0.4 is 10.6 Å². The number of thioether (sulfide) groups is 1. The zero-order chi connectivity index (χ0) is 12.0. The Morgan fingerprint density at radius 2 is 1.94 bits per heavy atom. The van der Waals surface area contributed by atoms with Gasteiger partial charge in [0.25, 0.3) is 0 Å². The summed E-state index contributed by atoms with van der Waals surface area (Å²) in [6.07, 6.45) is 3.12. The van der Waals surface area contributed by atoms with Gasteiger partial charge in [-0.3, -0.25) is 0 Å². The van der Waals surface area contributed by atoms with E-state index in [1.54, 1.807) is 0 Å². The van der Waals surface area contributed by atoms with E-state index >= 15 is 0 Å². The van der Waals surface area contributed by atoms with Gasteiger partial charge in [0.1, 0.15) is 0 Å². The number of nitrogens with zero attached hydrogens (tertiary/aromatic N) is 1. The first kappa shape index (κ1) is 13.4. The number of hydrogen-bond acceptors (Lipinski definition) is 3. The van der Waals surface area contributed by atoms with Gasteiger partial charge < -0.3 is 10.6 Å². The van der Waals surface area contributed by atoms with Gasteiger partial charge in [-0.1, -0.05) is 19.1 Å². The molecule has 90 valence electrons. The molecule has 1 aromatic carbocycles. The van der Waals surface area contributed by atoms with E-state index in [4.69, 9.17) is 5.73 Å². The normalized spacial score (nSPS) is 12.5. The first-order chi connectivity index (χ1) is 7.69. The summed E-state index contributed by atoms with van der Waals surface area (Å²) in [6, 6.07) is 8.76. The Bertz CT molecular complexity index is 297. The van der Waals surface area contributed by atoms with E-state index in [0.29, 0.717) is 0 Å². The van der Waals surface area contributed by atoms with Crippen LogP contribution in [-0.2, 0) is 0 Å². The van der Waals surface area contributed by atoms with E-state index in [0.717, 1.165) is 18.7 Å². The van der Waals surface area contributed by atoms with Crippen molar-refractivity contribution in [2.45, 2.75) is 19.4 Å². The second-order valence-corrected chi connectivity index (χ2v) is 5.01. The molecule has 1 atom stereocenters.